The van der Waals surface area contributed by atoms with Gasteiger partial charge in [0, 0.05) is 17.1 Å². The van der Waals surface area contributed by atoms with Gasteiger partial charge in [-0.2, -0.15) is 0 Å². The van der Waals surface area contributed by atoms with Crippen molar-refractivity contribution in [2.24, 2.45) is 0 Å². The number of para-hydroxylation sites is 1. The lowest BCUT2D eigenvalue weighted by Crippen LogP contribution is -2.52. The highest BCUT2D eigenvalue weighted by Gasteiger charge is 2.31. The van der Waals surface area contributed by atoms with E-state index < -0.39 is 34.3 Å². The van der Waals surface area contributed by atoms with Crippen molar-refractivity contribution in [2.45, 2.75) is 39.4 Å². The molecule has 2 rings (SSSR count). The van der Waals surface area contributed by atoms with Crippen molar-refractivity contribution in [3.8, 4) is 0 Å². The van der Waals surface area contributed by atoms with Gasteiger partial charge in [-0.15, -0.1) is 0 Å². The minimum atomic E-state index is -3.97. The number of hydrogen-bond acceptors (Lipinski definition) is 4. The van der Waals surface area contributed by atoms with Crippen molar-refractivity contribution in [2.75, 3.05) is 17.1 Å². The molecule has 0 bridgehead atoms. The van der Waals surface area contributed by atoms with Crippen LogP contribution in [0.2, 0.25) is 0 Å². The van der Waals surface area contributed by atoms with E-state index in [-0.39, 0.29) is 24.2 Å². The maximum absolute atomic E-state index is 14.3. The fraction of sp³-hybridized carbons (Fsp3) is 0.364. The summed E-state index contributed by atoms with van der Waals surface area (Å²) in [5.74, 6) is -1.77. The van der Waals surface area contributed by atoms with E-state index in [1.54, 1.807) is 45.0 Å². The molecule has 2 aromatic carbocycles. The summed E-state index contributed by atoms with van der Waals surface area (Å²) in [6.07, 6.45) is 0.903. The van der Waals surface area contributed by atoms with Crippen LogP contribution in [0.15, 0.2) is 53.0 Å². The summed E-state index contributed by atoms with van der Waals surface area (Å²) in [7, 11) is -3.97. The van der Waals surface area contributed by atoms with Gasteiger partial charge < -0.3 is 10.2 Å². The molecule has 0 saturated carbocycles. The zero-order valence-electron chi connectivity index (χ0n) is 18.4. The number of carbonyl (C=O) groups is 2. The number of carbonyl (C=O) groups excluding carboxylic acids is 2. The summed E-state index contributed by atoms with van der Waals surface area (Å²) in [5.41, 5.74) is 0.522. The fourth-order valence-electron chi connectivity index (χ4n) is 3.02. The molecule has 2 aromatic rings. The van der Waals surface area contributed by atoms with E-state index in [9.17, 15) is 22.4 Å². The quantitative estimate of drug-likeness (QED) is 0.542. The van der Waals surface area contributed by atoms with Crippen molar-refractivity contribution in [3.05, 3.63) is 64.4 Å². The minimum Gasteiger partial charge on any atom is -0.352 e. The average molecular weight is 528 g/mol. The number of nitrogens with one attached hydrogen (secondary N) is 1. The third kappa shape index (κ3) is 7.03. The molecule has 32 heavy (non-hydrogen) atoms. The fourth-order valence-corrected chi connectivity index (χ4v) is 4.14. The van der Waals surface area contributed by atoms with E-state index >= 15 is 0 Å². The predicted molar refractivity (Wildman–Crippen MR) is 126 cm³/mol. The lowest BCUT2D eigenvalue weighted by Gasteiger charge is -2.32. The summed E-state index contributed by atoms with van der Waals surface area (Å²) in [5, 5.41) is 2.76. The molecule has 174 valence electrons. The Hall–Kier alpha value is -2.46. The molecule has 0 aliphatic heterocycles. The number of amides is 2. The first kappa shape index (κ1) is 25.8. The molecular weight excluding hydrogens is 501 g/mol. The highest BCUT2D eigenvalue weighted by Crippen LogP contribution is 2.22. The highest BCUT2D eigenvalue weighted by molar-refractivity contribution is 9.10. The first-order valence-corrected chi connectivity index (χ1v) is 12.6. The Balaban J connectivity index is 2.39. The van der Waals surface area contributed by atoms with Crippen LogP contribution in [0.25, 0.3) is 0 Å². The van der Waals surface area contributed by atoms with Gasteiger partial charge in [-0.1, -0.05) is 40.2 Å². The number of nitrogens with zero attached hydrogens (tertiary/aromatic N) is 2. The second-order valence-electron chi connectivity index (χ2n) is 7.71. The molecule has 0 saturated heterocycles. The van der Waals surface area contributed by atoms with Crippen LogP contribution >= 0.6 is 15.9 Å². The molecule has 0 radical (unpaired) electrons. The number of rotatable bonds is 9. The van der Waals surface area contributed by atoms with Crippen LogP contribution in [-0.2, 0) is 26.2 Å². The van der Waals surface area contributed by atoms with Crippen molar-refractivity contribution in [1.29, 1.82) is 0 Å². The number of anilines is 1. The summed E-state index contributed by atoms with van der Waals surface area (Å²) in [6, 6.07) is 11.5. The number of halogens is 2. The Morgan fingerprint density at radius 2 is 1.66 bits per heavy atom. The second kappa shape index (κ2) is 10.9. The normalized spacial score (nSPS) is 12.3. The third-order valence-corrected chi connectivity index (χ3v) is 6.32. The summed E-state index contributed by atoms with van der Waals surface area (Å²) in [4.78, 5) is 27.2. The van der Waals surface area contributed by atoms with Crippen LogP contribution in [0, 0.1) is 5.82 Å². The van der Waals surface area contributed by atoms with Gasteiger partial charge in [0.15, 0.2) is 0 Å². The topological polar surface area (TPSA) is 86.8 Å². The summed E-state index contributed by atoms with van der Waals surface area (Å²) >= 11 is 3.35. The first-order chi connectivity index (χ1) is 14.9. The van der Waals surface area contributed by atoms with Crippen molar-refractivity contribution in [1.82, 2.24) is 10.2 Å². The number of sulfonamides is 1. The van der Waals surface area contributed by atoms with Crippen LogP contribution < -0.4 is 9.62 Å². The van der Waals surface area contributed by atoms with Crippen LogP contribution in [0.1, 0.15) is 26.3 Å². The predicted octanol–water partition coefficient (Wildman–Crippen LogP) is 3.30. The van der Waals surface area contributed by atoms with Crippen LogP contribution in [0.5, 0.6) is 0 Å². The molecule has 0 aliphatic rings. The standard InChI is InChI=1S/C22H27BrFN3O4S/c1-15(2)25-22(29)16(3)26(13-17-9-11-18(23)12-10-17)21(28)14-27(32(4,30)31)20-8-6-5-7-19(20)24/h5-12,15-16H,13-14H2,1-4H3,(H,25,29). The molecule has 0 spiro atoms. The molecule has 0 fully saturated rings. The van der Waals surface area contributed by atoms with Gasteiger partial charge in [-0.05, 0) is 50.6 Å². The van der Waals surface area contributed by atoms with Crippen molar-refractivity contribution < 1.29 is 22.4 Å². The van der Waals surface area contributed by atoms with E-state index in [0.717, 1.165) is 22.4 Å². The summed E-state index contributed by atoms with van der Waals surface area (Å²) < 4.78 is 40.7. The van der Waals surface area contributed by atoms with Gasteiger partial charge in [0.1, 0.15) is 18.4 Å². The van der Waals surface area contributed by atoms with Gasteiger partial charge in [0.25, 0.3) is 0 Å². The second-order valence-corrected chi connectivity index (χ2v) is 10.5. The van der Waals surface area contributed by atoms with E-state index in [4.69, 9.17) is 0 Å². The van der Waals surface area contributed by atoms with Gasteiger partial charge in [0.2, 0.25) is 21.8 Å². The Morgan fingerprint density at radius 3 is 2.19 bits per heavy atom. The Bertz CT molecular complexity index is 1060. The molecule has 1 unspecified atom stereocenters. The van der Waals surface area contributed by atoms with Crippen LogP contribution in [-0.4, -0.2) is 50.0 Å². The first-order valence-electron chi connectivity index (χ1n) is 9.96. The molecule has 0 heterocycles. The van der Waals surface area contributed by atoms with Crippen LogP contribution in [0.4, 0.5) is 10.1 Å². The van der Waals surface area contributed by atoms with Crippen LogP contribution in [0.3, 0.4) is 0 Å². The minimum absolute atomic E-state index is 0.0771. The molecule has 7 nitrogen and oxygen atoms in total. The largest absolute Gasteiger partial charge is 0.352 e. The van der Waals surface area contributed by atoms with Gasteiger partial charge in [0.05, 0.1) is 11.9 Å². The Morgan fingerprint density at radius 1 is 1.06 bits per heavy atom. The molecule has 1 atom stereocenters. The van der Waals surface area contributed by atoms with E-state index in [2.05, 4.69) is 21.2 Å². The number of benzene rings is 2. The lowest BCUT2D eigenvalue weighted by molar-refractivity contribution is -0.139. The molecule has 10 heteroatoms. The maximum Gasteiger partial charge on any atom is 0.244 e. The van der Waals surface area contributed by atoms with E-state index in [0.29, 0.717) is 4.31 Å². The zero-order chi connectivity index (χ0) is 24.1. The summed E-state index contributed by atoms with van der Waals surface area (Å²) in [6.45, 7) is 4.61. The highest BCUT2D eigenvalue weighted by atomic mass is 79.9. The zero-order valence-corrected chi connectivity index (χ0v) is 20.8. The molecule has 0 aromatic heterocycles. The lowest BCUT2D eigenvalue weighted by atomic mass is 10.1. The van der Waals surface area contributed by atoms with E-state index in [1.807, 2.05) is 0 Å². The smallest absolute Gasteiger partial charge is 0.244 e. The Labute approximate surface area is 196 Å². The Kier molecular flexibility index (Phi) is 8.80. The maximum atomic E-state index is 14.3. The third-order valence-electron chi connectivity index (χ3n) is 4.66. The van der Waals surface area contributed by atoms with Gasteiger partial charge >= 0.3 is 0 Å². The molecule has 2 amide bonds. The molecular formula is C22H27BrFN3O4S. The molecule has 0 aliphatic carbocycles. The van der Waals surface area contributed by atoms with Gasteiger partial charge in [-0.3, -0.25) is 13.9 Å². The van der Waals surface area contributed by atoms with E-state index in [1.165, 1.54) is 23.1 Å². The number of hydrogen-bond donors (Lipinski definition) is 1. The van der Waals surface area contributed by atoms with Gasteiger partial charge in [-0.25, -0.2) is 12.8 Å². The SMILES string of the molecule is CC(C)NC(=O)C(C)N(Cc1ccc(Br)cc1)C(=O)CN(c1ccccc1F)S(C)(=O)=O. The monoisotopic (exact) mass is 527 g/mol. The van der Waals surface area contributed by atoms with Crippen molar-refractivity contribution in [3.63, 3.8) is 0 Å². The molecule has 1 N–H and O–H groups in total. The average Bonchev–Trinajstić information content (AvgIpc) is 2.70. The van der Waals surface area contributed by atoms with Crippen molar-refractivity contribution >= 4 is 43.5 Å².